The Labute approximate surface area is 117 Å². The monoisotopic (exact) mass is 282 g/mol. The summed E-state index contributed by atoms with van der Waals surface area (Å²) in [6, 6.07) is 4.06. The van der Waals surface area contributed by atoms with Crippen LogP contribution in [0.4, 0.5) is 14.9 Å². The first-order valence-corrected chi connectivity index (χ1v) is 6.16. The molecule has 0 bridgehead atoms. The van der Waals surface area contributed by atoms with Crippen molar-refractivity contribution in [1.82, 2.24) is 5.32 Å². The van der Waals surface area contributed by atoms with Crippen molar-refractivity contribution in [3.63, 3.8) is 0 Å². The first-order chi connectivity index (χ1) is 9.14. The van der Waals surface area contributed by atoms with Crippen molar-refractivity contribution < 1.29 is 19.1 Å². The molecule has 6 heteroatoms. The predicted molar refractivity (Wildman–Crippen MR) is 74.2 cm³/mol. The summed E-state index contributed by atoms with van der Waals surface area (Å²) in [4.78, 5) is 24.3. The lowest BCUT2D eigenvalue weighted by atomic mass is 9.87. The fourth-order valence-electron chi connectivity index (χ4n) is 1.70. The Morgan fingerprint density at radius 3 is 2.30 bits per heavy atom. The number of carboxylic acid groups (broad SMARTS) is 1. The van der Waals surface area contributed by atoms with E-state index in [4.69, 9.17) is 5.11 Å². The zero-order chi connectivity index (χ0) is 15.5. The maximum atomic E-state index is 13.6. The third-order valence-corrected chi connectivity index (χ3v) is 2.90. The number of nitrogens with one attached hydrogen (secondary N) is 1. The standard InChI is InChI=1S/C14H19FN2O3/c1-14(2,3)11(12(18)19)16-13(20)17(4)10-8-6-5-7-9(10)15/h5-8,11H,1-4H3,(H,16,20)(H,18,19)/t11-/m0/s1. The summed E-state index contributed by atoms with van der Waals surface area (Å²) in [5, 5.41) is 11.6. The second-order valence-corrected chi connectivity index (χ2v) is 5.60. The number of hydrogen-bond acceptors (Lipinski definition) is 2. The number of rotatable bonds is 3. The molecule has 0 aliphatic heterocycles. The Kier molecular flexibility index (Phi) is 4.70. The topological polar surface area (TPSA) is 69.6 Å². The third-order valence-electron chi connectivity index (χ3n) is 2.90. The van der Waals surface area contributed by atoms with Gasteiger partial charge in [-0.25, -0.2) is 14.0 Å². The van der Waals surface area contributed by atoms with Gasteiger partial charge in [0.1, 0.15) is 11.9 Å². The molecule has 0 unspecified atom stereocenters. The van der Waals surface area contributed by atoms with Gasteiger partial charge in [-0.05, 0) is 17.5 Å². The molecule has 2 N–H and O–H groups in total. The van der Waals surface area contributed by atoms with Crippen LogP contribution in [0.15, 0.2) is 24.3 Å². The van der Waals surface area contributed by atoms with E-state index >= 15 is 0 Å². The van der Waals surface area contributed by atoms with E-state index in [1.165, 1.54) is 25.2 Å². The van der Waals surface area contributed by atoms with Crippen LogP contribution in [0.5, 0.6) is 0 Å². The summed E-state index contributed by atoms with van der Waals surface area (Å²) in [7, 11) is 1.38. The van der Waals surface area contributed by atoms with E-state index in [1.54, 1.807) is 26.8 Å². The van der Waals surface area contributed by atoms with Gasteiger partial charge >= 0.3 is 12.0 Å². The molecule has 110 valence electrons. The molecule has 20 heavy (non-hydrogen) atoms. The number of hydrogen-bond donors (Lipinski definition) is 2. The number of urea groups is 1. The van der Waals surface area contributed by atoms with Crippen LogP contribution in [0, 0.1) is 11.2 Å². The summed E-state index contributed by atoms with van der Waals surface area (Å²) in [6.45, 7) is 5.11. The van der Waals surface area contributed by atoms with Crippen molar-refractivity contribution in [3.05, 3.63) is 30.1 Å². The highest BCUT2D eigenvalue weighted by atomic mass is 19.1. The summed E-state index contributed by atoms with van der Waals surface area (Å²) in [6.07, 6.45) is 0. The number of carbonyl (C=O) groups excluding carboxylic acids is 1. The average Bonchev–Trinajstić information content (AvgIpc) is 2.33. The Morgan fingerprint density at radius 2 is 1.85 bits per heavy atom. The molecule has 1 aromatic carbocycles. The number of nitrogens with zero attached hydrogens (tertiary/aromatic N) is 1. The maximum Gasteiger partial charge on any atom is 0.326 e. The summed E-state index contributed by atoms with van der Waals surface area (Å²) in [5.74, 6) is -1.68. The first kappa shape index (κ1) is 15.9. The van der Waals surface area contributed by atoms with E-state index in [9.17, 15) is 14.0 Å². The molecule has 5 nitrogen and oxygen atoms in total. The van der Waals surface area contributed by atoms with Crippen LogP contribution in [0.1, 0.15) is 20.8 Å². The highest BCUT2D eigenvalue weighted by molar-refractivity contribution is 5.94. The lowest BCUT2D eigenvalue weighted by Crippen LogP contribution is -2.52. The van der Waals surface area contributed by atoms with E-state index in [2.05, 4.69) is 5.32 Å². The molecule has 0 aliphatic carbocycles. The molecule has 0 spiro atoms. The quantitative estimate of drug-likeness (QED) is 0.894. The van der Waals surface area contributed by atoms with Crippen molar-refractivity contribution >= 4 is 17.7 Å². The fraction of sp³-hybridized carbons (Fsp3) is 0.429. The molecule has 2 amide bonds. The second-order valence-electron chi connectivity index (χ2n) is 5.60. The van der Waals surface area contributed by atoms with E-state index in [0.717, 1.165) is 4.90 Å². The van der Waals surface area contributed by atoms with Gasteiger partial charge in [-0.3, -0.25) is 4.90 Å². The number of aliphatic carboxylic acids is 1. The first-order valence-electron chi connectivity index (χ1n) is 6.16. The van der Waals surface area contributed by atoms with Gasteiger partial charge in [0, 0.05) is 7.05 Å². The number of anilines is 1. The number of carboxylic acids is 1. The molecule has 1 aromatic rings. The fourth-order valence-corrected chi connectivity index (χ4v) is 1.70. The minimum atomic E-state index is -1.13. The molecule has 0 saturated carbocycles. The maximum absolute atomic E-state index is 13.6. The molecular weight excluding hydrogens is 263 g/mol. The highest BCUT2D eigenvalue weighted by Gasteiger charge is 2.33. The minimum Gasteiger partial charge on any atom is -0.480 e. The second kappa shape index (κ2) is 5.90. The number of carbonyl (C=O) groups is 2. The molecule has 1 rings (SSSR count). The normalized spacial score (nSPS) is 12.7. The van der Waals surface area contributed by atoms with Crippen LogP contribution < -0.4 is 10.2 Å². The molecule has 0 fully saturated rings. The number of amides is 2. The summed E-state index contributed by atoms with van der Waals surface area (Å²) >= 11 is 0. The van der Waals surface area contributed by atoms with Gasteiger partial charge in [0.2, 0.25) is 0 Å². The number of halogens is 1. The minimum absolute atomic E-state index is 0.0862. The smallest absolute Gasteiger partial charge is 0.326 e. The van der Waals surface area contributed by atoms with Gasteiger partial charge in [0.15, 0.2) is 0 Å². The Balaban J connectivity index is 2.90. The van der Waals surface area contributed by atoms with Gasteiger partial charge in [0.05, 0.1) is 5.69 Å². The van der Waals surface area contributed by atoms with Crippen LogP contribution in [-0.2, 0) is 4.79 Å². The van der Waals surface area contributed by atoms with E-state index in [1.807, 2.05) is 0 Å². The lowest BCUT2D eigenvalue weighted by Gasteiger charge is -2.29. The zero-order valence-electron chi connectivity index (χ0n) is 12.0. The van der Waals surface area contributed by atoms with Crippen molar-refractivity contribution in [1.29, 1.82) is 0 Å². The van der Waals surface area contributed by atoms with E-state index in [0.29, 0.717) is 0 Å². The average molecular weight is 282 g/mol. The largest absolute Gasteiger partial charge is 0.480 e. The van der Waals surface area contributed by atoms with Gasteiger partial charge in [-0.15, -0.1) is 0 Å². The Hall–Kier alpha value is -2.11. The van der Waals surface area contributed by atoms with E-state index in [-0.39, 0.29) is 5.69 Å². The van der Waals surface area contributed by atoms with Gasteiger partial charge < -0.3 is 10.4 Å². The molecule has 1 atom stereocenters. The van der Waals surface area contributed by atoms with Gasteiger partial charge in [-0.2, -0.15) is 0 Å². The van der Waals surface area contributed by atoms with Crippen LogP contribution in [0.2, 0.25) is 0 Å². The Bertz CT molecular complexity index is 511. The molecule has 0 aromatic heterocycles. The number of benzene rings is 1. The van der Waals surface area contributed by atoms with Crippen LogP contribution in [0.25, 0.3) is 0 Å². The van der Waals surface area contributed by atoms with Gasteiger partial charge in [-0.1, -0.05) is 32.9 Å². The molecule has 0 saturated heterocycles. The van der Waals surface area contributed by atoms with Crippen LogP contribution in [-0.4, -0.2) is 30.2 Å². The zero-order valence-corrected chi connectivity index (χ0v) is 12.0. The molecule has 0 aliphatic rings. The van der Waals surface area contributed by atoms with Crippen molar-refractivity contribution in [2.24, 2.45) is 5.41 Å². The SMILES string of the molecule is CN(C(=O)N[C@@H](C(=O)O)C(C)(C)C)c1ccccc1F. The summed E-state index contributed by atoms with van der Waals surface area (Å²) in [5.41, 5.74) is -0.569. The van der Waals surface area contributed by atoms with Crippen LogP contribution in [0.3, 0.4) is 0 Å². The predicted octanol–water partition coefficient (Wildman–Crippen LogP) is 2.47. The van der Waals surface area contributed by atoms with Gasteiger partial charge in [0.25, 0.3) is 0 Å². The highest BCUT2D eigenvalue weighted by Crippen LogP contribution is 2.21. The number of para-hydroxylation sites is 1. The summed E-state index contributed by atoms with van der Waals surface area (Å²) < 4.78 is 13.6. The van der Waals surface area contributed by atoms with E-state index < -0.39 is 29.3 Å². The van der Waals surface area contributed by atoms with Crippen molar-refractivity contribution in [2.75, 3.05) is 11.9 Å². The third kappa shape index (κ3) is 3.69. The Morgan fingerprint density at radius 1 is 1.30 bits per heavy atom. The molecular formula is C14H19FN2O3. The lowest BCUT2D eigenvalue weighted by molar-refractivity contribution is -0.141. The van der Waals surface area contributed by atoms with Crippen molar-refractivity contribution in [3.8, 4) is 0 Å². The molecule has 0 radical (unpaired) electrons. The molecule has 0 heterocycles. The van der Waals surface area contributed by atoms with Crippen molar-refractivity contribution in [2.45, 2.75) is 26.8 Å². The van der Waals surface area contributed by atoms with Crippen LogP contribution >= 0.6 is 0 Å².